The zero-order valence-electron chi connectivity index (χ0n) is 10.3. The van der Waals surface area contributed by atoms with Crippen LogP contribution in [0.25, 0.3) is 0 Å². The van der Waals surface area contributed by atoms with Crippen LogP contribution in [0.1, 0.15) is 17.3 Å². The van der Waals surface area contributed by atoms with Gasteiger partial charge in [0, 0.05) is 18.7 Å². The second-order valence-electron chi connectivity index (χ2n) is 4.76. The summed E-state index contributed by atoms with van der Waals surface area (Å²) in [6.45, 7) is 2.35. The molecule has 2 atom stereocenters. The second kappa shape index (κ2) is 5.17. The van der Waals surface area contributed by atoms with Crippen LogP contribution >= 0.6 is 11.6 Å². The van der Waals surface area contributed by atoms with Crippen LogP contribution in [-0.2, 0) is 4.79 Å². The molecule has 102 valence electrons. The van der Waals surface area contributed by atoms with Gasteiger partial charge in [-0.1, -0.05) is 18.5 Å². The van der Waals surface area contributed by atoms with E-state index in [0.29, 0.717) is 6.54 Å². The maximum absolute atomic E-state index is 13.0. The zero-order chi connectivity index (χ0) is 14.2. The van der Waals surface area contributed by atoms with Crippen LogP contribution in [0, 0.1) is 17.7 Å². The number of carboxylic acids is 1. The lowest BCUT2D eigenvalue weighted by Crippen LogP contribution is -2.29. The molecule has 0 aromatic heterocycles. The maximum Gasteiger partial charge on any atom is 0.308 e. The number of likely N-dealkylation sites (tertiary alicyclic amines) is 1. The number of amides is 1. The number of carbonyl (C=O) groups is 2. The summed E-state index contributed by atoms with van der Waals surface area (Å²) < 4.78 is 13.0. The van der Waals surface area contributed by atoms with Gasteiger partial charge in [-0.3, -0.25) is 9.59 Å². The fraction of sp³-hybridized carbons (Fsp3) is 0.385. The molecule has 6 heteroatoms. The van der Waals surface area contributed by atoms with Crippen molar-refractivity contribution in [1.29, 1.82) is 0 Å². The Hall–Kier alpha value is -1.62. The predicted molar refractivity (Wildman–Crippen MR) is 67.6 cm³/mol. The Morgan fingerprint density at radius 3 is 2.63 bits per heavy atom. The smallest absolute Gasteiger partial charge is 0.308 e. The van der Waals surface area contributed by atoms with E-state index in [1.807, 2.05) is 0 Å². The van der Waals surface area contributed by atoms with Gasteiger partial charge in [0.05, 0.1) is 10.9 Å². The summed E-state index contributed by atoms with van der Waals surface area (Å²) >= 11 is 5.63. The van der Waals surface area contributed by atoms with Crippen LogP contribution < -0.4 is 0 Å². The van der Waals surface area contributed by atoms with E-state index < -0.39 is 17.7 Å². The average Bonchev–Trinajstić information content (AvgIpc) is 2.74. The SMILES string of the molecule is CC1CN(C(=O)c2ccc(F)c(Cl)c2)CC1C(=O)O. The van der Waals surface area contributed by atoms with E-state index in [-0.39, 0.29) is 29.0 Å². The van der Waals surface area contributed by atoms with Gasteiger partial charge in [-0.15, -0.1) is 0 Å². The first-order valence-corrected chi connectivity index (χ1v) is 6.25. The van der Waals surface area contributed by atoms with Crippen molar-refractivity contribution in [3.05, 3.63) is 34.6 Å². The molecule has 19 heavy (non-hydrogen) atoms. The van der Waals surface area contributed by atoms with Crippen LogP contribution in [0.3, 0.4) is 0 Å². The van der Waals surface area contributed by atoms with Crippen LogP contribution in [-0.4, -0.2) is 35.0 Å². The molecular formula is C13H13ClFNO3. The Balaban J connectivity index is 2.17. The molecule has 0 aliphatic carbocycles. The lowest BCUT2D eigenvalue weighted by Gasteiger charge is -2.16. The summed E-state index contributed by atoms with van der Waals surface area (Å²) in [4.78, 5) is 24.6. The van der Waals surface area contributed by atoms with Gasteiger partial charge >= 0.3 is 5.97 Å². The molecule has 2 unspecified atom stereocenters. The van der Waals surface area contributed by atoms with Gasteiger partial charge in [0.25, 0.3) is 5.91 Å². The molecule has 1 fully saturated rings. The summed E-state index contributed by atoms with van der Waals surface area (Å²) in [5.74, 6) is -2.47. The number of carboxylic acid groups (broad SMARTS) is 1. The highest BCUT2D eigenvalue weighted by Crippen LogP contribution is 2.25. The Kier molecular flexibility index (Phi) is 3.75. The predicted octanol–water partition coefficient (Wildman–Crippen LogP) is 2.27. The molecule has 1 aromatic carbocycles. The molecule has 1 N–H and O–H groups in total. The highest BCUT2D eigenvalue weighted by atomic mass is 35.5. The Morgan fingerprint density at radius 2 is 2.11 bits per heavy atom. The van der Waals surface area contributed by atoms with Crippen molar-refractivity contribution in [2.24, 2.45) is 11.8 Å². The van der Waals surface area contributed by atoms with E-state index in [1.54, 1.807) is 6.92 Å². The quantitative estimate of drug-likeness (QED) is 0.907. The van der Waals surface area contributed by atoms with Crippen molar-refractivity contribution < 1.29 is 19.1 Å². The first kappa shape index (κ1) is 13.8. The van der Waals surface area contributed by atoms with Crippen molar-refractivity contribution in [3.63, 3.8) is 0 Å². The van der Waals surface area contributed by atoms with E-state index in [1.165, 1.54) is 17.0 Å². The third kappa shape index (κ3) is 2.71. The Morgan fingerprint density at radius 1 is 1.42 bits per heavy atom. The van der Waals surface area contributed by atoms with Gasteiger partial charge < -0.3 is 10.0 Å². The summed E-state index contributed by atoms with van der Waals surface area (Å²) in [6.07, 6.45) is 0. The lowest BCUT2D eigenvalue weighted by molar-refractivity contribution is -0.142. The van der Waals surface area contributed by atoms with Crippen molar-refractivity contribution >= 4 is 23.5 Å². The van der Waals surface area contributed by atoms with E-state index in [9.17, 15) is 14.0 Å². The first-order chi connectivity index (χ1) is 8.90. The molecule has 0 spiro atoms. The molecule has 1 saturated heterocycles. The van der Waals surface area contributed by atoms with Gasteiger partial charge in [0.2, 0.25) is 0 Å². The summed E-state index contributed by atoms with van der Waals surface area (Å²) in [7, 11) is 0. The molecule has 0 radical (unpaired) electrons. The normalized spacial score (nSPS) is 22.6. The highest BCUT2D eigenvalue weighted by Gasteiger charge is 2.37. The standard InChI is InChI=1S/C13H13ClFNO3/c1-7-5-16(6-9(7)13(18)19)12(17)8-2-3-11(15)10(14)4-8/h2-4,7,9H,5-6H2,1H3,(H,18,19). The van der Waals surface area contributed by atoms with Crippen LogP contribution in [0.5, 0.6) is 0 Å². The molecule has 1 aliphatic rings. The number of hydrogen-bond acceptors (Lipinski definition) is 2. The second-order valence-corrected chi connectivity index (χ2v) is 5.17. The maximum atomic E-state index is 13.0. The number of aliphatic carboxylic acids is 1. The molecule has 1 heterocycles. The Labute approximate surface area is 114 Å². The third-order valence-electron chi connectivity index (χ3n) is 3.38. The number of nitrogens with zero attached hydrogens (tertiary/aromatic N) is 1. The lowest BCUT2D eigenvalue weighted by atomic mass is 9.99. The number of carbonyl (C=O) groups excluding carboxylic acids is 1. The molecule has 4 nitrogen and oxygen atoms in total. The molecule has 2 rings (SSSR count). The fourth-order valence-electron chi connectivity index (χ4n) is 2.27. The summed E-state index contributed by atoms with van der Waals surface area (Å²) in [5, 5.41) is 8.91. The van der Waals surface area contributed by atoms with Crippen molar-refractivity contribution in [2.75, 3.05) is 13.1 Å². The molecule has 1 aromatic rings. The third-order valence-corrected chi connectivity index (χ3v) is 3.67. The van der Waals surface area contributed by atoms with E-state index in [4.69, 9.17) is 16.7 Å². The van der Waals surface area contributed by atoms with Crippen LogP contribution in [0.4, 0.5) is 4.39 Å². The van der Waals surface area contributed by atoms with E-state index in [2.05, 4.69) is 0 Å². The molecular weight excluding hydrogens is 273 g/mol. The molecule has 0 saturated carbocycles. The van der Waals surface area contributed by atoms with Crippen LogP contribution in [0.2, 0.25) is 5.02 Å². The van der Waals surface area contributed by atoms with Crippen molar-refractivity contribution in [3.8, 4) is 0 Å². The fourth-order valence-corrected chi connectivity index (χ4v) is 2.45. The number of benzene rings is 1. The van der Waals surface area contributed by atoms with Crippen molar-refractivity contribution in [1.82, 2.24) is 4.90 Å². The van der Waals surface area contributed by atoms with Gasteiger partial charge in [0.15, 0.2) is 0 Å². The monoisotopic (exact) mass is 285 g/mol. The van der Waals surface area contributed by atoms with Crippen molar-refractivity contribution in [2.45, 2.75) is 6.92 Å². The summed E-state index contributed by atoms with van der Waals surface area (Å²) in [5.41, 5.74) is 0.268. The van der Waals surface area contributed by atoms with Gasteiger partial charge in [0.1, 0.15) is 5.82 Å². The highest BCUT2D eigenvalue weighted by molar-refractivity contribution is 6.31. The van der Waals surface area contributed by atoms with Crippen LogP contribution in [0.15, 0.2) is 18.2 Å². The minimum Gasteiger partial charge on any atom is -0.481 e. The van der Waals surface area contributed by atoms with Gasteiger partial charge in [-0.05, 0) is 24.1 Å². The minimum absolute atomic E-state index is 0.0997. The van der Waals surface area contributed by atoms with E-state index in [0.717, 1.165) is 6.07 Å². The summed E-state index contributed by atoms with van der Waals surface area (Å²) in [6, 6.07) is 3.74. The van der Waals surface area contributed by atoms with Gasteiger partial charge in [-0.2, -0.15) is 0 Å². The first-order valence-electron chi connectivity index (χ1n) is 5.87. The number of halogens is 2. The minimum atomic E-state index is -0.903. The topological polar surface area (TPSA) is 57.6 Å². The molecule has 1 amide bonds. The average molecular weight is 286 g/mol. The number of rotatable bonds is 2. The molecule has 1 aliphatic heterocycles. The zero-order valence-corrected chi connectivity index (χ0v) is 11.0. The molecule has 0 bridgehead atoms. The van der Waals surface area contributed by atoms with E-state index >= 15 is 0 Å². The largest absolute Gasteiger partial charge is 0.481 e. The number of hydrogen-bond donors (Lipinski definition) is 1. The Bertz CT molecular complexity index is 535. The van der Waals surface area contributed by atoms with Gasteiger partial charge in [-0.25, -0.2) is 4.39 Å².